The van der Waals surface area contributed by atoms with E-state index in [1.54, 1.807) is 6.92 Å². The summed E-state index contributed by atoms with van der Waals surface area (Å²) in [5.74, 6) is -1.55. The molecule has 0 spiro atoms. The summed E-state index contributed by atoms with van der Waals surface area (Å²) in [5, 5.41) is 14.6. The topological polar surface area (TPSA) is 95.5 Å². The Kier molecular flexibility index (Phi) is 3.97. The highest BCUT2D eigenvalue weighted by Crippen LogP contribution is 2.35. The minimum atomic E-state index is -0.872. The molecule has 0 saturated heterocycles. The number of halogens is 1. The van der Waals surface area contributed by atoms with E-state index in [2.05, 4.69) is 5.16 Å². The van der Waals surface area contributed by atoms with Gasteiger partial charge in [-0.15, -0.1) is 0 Å². The third-order valence-electron chi connectivity index (χ3n) is 2.77. The zero-order valence-electron chi connectivity index (χ0n) is 11.3. The van der Waals surface area contributed by atoms with E-state index in [0.717, 1.165) is 12.1 Å². The number of esters is 1. The molecule has 1 aromatic carbocycles. The molecule has 0 unspecified atom stereocenters. The number of aromatic nitrogens is 1. The van der Waals surface area contributed by atoms with E-state index in [1.807, 2.05) is 0 Å². The largest absolute Gasteiger partial charge is 0.462 e. The van der Waals surface area contributed by atoms with Gasteiger partial charge in [0.2, 0.25) is 0 Å². The van der Waals surface area contributed by atoms with Crippen LogP contribution < -0.4 is 0 Å². The van der Waals surface area contributed by atoms with Crippen LogP contribution in [-0.4, -0.2) is 22.7 Å². The maximum Gasteiger partial charge on any atom is 0.344 e. The van der Waals surface area contributed by atoms with Crippen molar-refractivity contribution < 1.29 is 23.4 Å². The standard InChI is InChI=1S/C13H11FN2O5/c1-3-20-13(17)10-7(2)21-15-12(10)11-8(14)5-4-6-9(11)16(18)19/h4-6H,3H2,1-2H3. The molecule has 1 aromatic heterocycles. The number of aryl methyl sites for hydroxylation is 1. The lowest BCUT2D eigenvalue weighted by atomic mass is 10.0. The van der Waals surface area contributed by atoms with Gasteiger partial charge in [-0.3, -0.25) is 10.1 Å². The third kappa shape index (κ3) is 2.60. The summed E-state index contributed by atoms with van der Waals surface area (Å²) in [6, 6.07) is 3.37. The molecule has 0 aliphatic heterocycles. The van der Waals surface area contributed by atoms with Crippen LogP contribution in [0.15, 0.2) is 22.7 Å². The van der Waals surface area contributed by atoms with Crippen molar-refractivity contribution in [3.63, 3.8) is 0 Å². The Morgan fingerprint density at radius 3 is 2.86 bits per heavy atom. The molecule has 0 aliphatic rings. The van der Waals surface area contributed by atoms with Crippen LogP contribution in [0.3, 0.4) is 0 Å². The van der Waals surface area contributed by atoms with Crippen molar-refractivity contribution in [3.05, 3.63) is 45.5 Å². The van der Waals surface area contributed by atoms with Crippen molar-refractivity contribution in [3.8, 4) is 11.3 Å². The summed E-state index contributed by atoms with van der Waals surface area (Å²) in [7, 11) is 0. The molecule has 0 N–H and O–H groups in total. The average molecular weight is 294 g/mol. The summed E-state index contributed by atoms with van der Waals surface area (Å²) >= 11 is 0. The van der Waals surface area contributed by atoms with Gasteiger partial charge in [0.15, 0.2) is 0 Å². The Labute approximate surface area is 118 Å². The number of carbonyl (C=O) groups is 1. The first-order valence-corrected chi connectivity index (χ1v) is 6.04. The van der Waals surface area contributed by atoms with E-state index in [0.29, 0.717) is 0 Å². The molecule has 0 amide bonds. The second kappa shape index (κ2) is 5.70. The van der Waals surface area contributed by atoms with Gasteiger partial charge in [0.1, 0.15) is 28.4 Å². The van der Waals surface area contributed by atoms with Crippen molar-refractivity contribution in [2.45, 2.75) is 13.8 Å². The van der Waals surface area contributed by atoms with Gasteiger partial charge in [0, 0.05) is 6.07 Å². The second-order valence-corrected chi connectivity index (χ2v) is 4.07. The molecule has 0 fully saturated rings. The van der Waals surface area contributed by atoms with Crippen LogP contribution in [-0.2, 0) is 4.74 Å². The van der Waals surface area contributed by atoms with Gasteiger partial charge < -0.3 is 9.26 Å². The molecule has 0 aliphatic carbocycles. The number of nitrogens with zero attached hydrogens (tertiary/aromatic N) is 2. The number of carbonyl (C=O) groups excluding carboxylic acids is 1. The van der Waals surface area contributed by atoms with E-state index in [9.17, 15) is 19.3 Å². The Hall–Kier alpha value is -2.77. The van der Waals surface area contributed by atoms with Gasteiger partial charge in [-0.05, 0) is 19.9 Å². The quantitative estimate of drug-likeness (QED) is 0.488. The minimum Gasteiger partial charge on any atom is -0.462 e. The number of rotatable bonds is 4. The van der Waals surface area contributed by atoms with Crippen LogP contribution in [0, 0.1) is 22.9 Å². The van der Waals surface area contributed by atoms with Gasteiger partial charge in [-0.1, -0.05) is 11.2 Å². The lowest BCUT2D eigenvalue weighted by Gasteiger charge is -2.04. The Morgan fingerprint density at radius 2 is 2.24 bits per heavy atom. The summed E-state index contributed by atoms with van der Waals surface area (Å²) in [4.78, 5) is 22.2. The first kappa shape index (κ1) is 14.6. The van der Waals surface area contributed by atoms with E-state index in [4.69, 9.17) is 9.26 Å². The molecule has 0 radical (unpaired) electrons. The van der Waals surface area contributed by atoms with Crippen LogP contribution in [0.1, 0.15) is 23.0 Å². The molecule has 0 saturated carbocycles. The number of hydrogen-bond donors (Lipinski definition) is 0. The summed E-state index contributed by atoms with van der Waals surface area (Å²) in [5.41, 5.74) is -1.27. The maximum absolute atomic E-state index is 14.0. The Morgan fingerprint density at radius 1 is 1.52 bits per heavy atom. The minimum absolute atomic E-state index is 0.0981. The number of hydrogen-bond acceptors (Lipinski definition) is 6. The van der Waals surface area contributed by atoms with Gasteiger partial charge in [-0.2, -0.15) is 0 Å². The van der Waals surface area contributed by atoms with Crippen LogP contribution >= 0.6 is 0 Å². The normalized spacial score (nSPS) is 10.4. The Bertz CT molecular complexity index is 711. The second-order valence-electron chi connectivity index (χ2n) is 4.07. The van der Waals surface area contributed by atoms with Crippen LogP contribution in [0.2, 0.25) is 0 Å². The van der Waals surface area contributed by atoms with Crippen molar-refractivity contribution >= 4 is 11.7 Å². The fourth-order valence-electron chi connectivity index (χ4n) is 1.89. The lowest BCUT2D eigenvalue weighted by Crippen LogP contribution is -2.07. The summed E-state index contributed by atoms with van der Waals surface area (Å²) in [6.45, 7) is 3.14. The molecule has 0 bridgehead atoms. The van der Waals surface area contributed by atoms with E-state index in [-0.39, 0.29) is 23.6 Å². The average Bonchev–Trinajstić information content (AvgIpc) is 2.80. The van der Waals surface area contributed by atoms with Crippen molar-refractivity contribution in [2.75, 3.05) is 6.61 Å². The predicted molar refractivity (Wildman–Crippen MR) is 69.2 cm³/mol. The fraction of sp³-hybridized carbons (Fsp3) is 0.231. The molecule has 2 rings (SSSR count). The molecule has 7 nitrogen and oxygen atoms in total. The smallest absolute Gasteiger partial charge is 0.344 e. The van der Waals surface area contributed by atoms with E-state index in [1.165, 1.54) is 13.0 Å². The van der Waals surface area contributed by atoms with E-state index >= 15 is 0 Å². The lowest BCUT2D eigenvalue weighted by molar-refractivity contribution is -0.384. The summed E-state index contributed by atoms with van der Waals surface area (Å²) in [6.07, 6.45) is 0. The highest BCUT2D eigenvalue weighted by Gasteiger charge is 2.30. The number of nitro groups is 1. The van der Waals surface area contributed by atoms with Crippen LogP contribution in [0.25, 0.3) is 11.3 Å². The van der Waals surface area contributed by atoms with E-state index < -0.39 is 28.0 Å². The van der Waals surface area contributed by atoms with Gasteiger partial charge in [-0.25, -0.2) is 9.18 Å². The molecule has 8 heteroatoms. The molecular formula is C13H11FN2O5. The van der Waals surface area contributed by atoms with Crippen LogP contribution in [0.4, 0.5) is 10.1 Å². The SMILES string of the molecule is CCOC(=O)c1c(-c2c(F)cccc2[N+](=O)[O-])noc1C. The van der Waals surface area contributed by atoms with Gasteiger partial charge in [0.25, 0.3) is 5.69 Å². The molecule has 110 valence electrons. The third-order valence-corrected chi connectivity index (χ3v) is 2.77. The number of ether oxygens (including phenoxy) is 1. The maximum atomic E-state index is 14.0. The van der Waals surface area contributed by atoms with Gasteiger partial charge >= 0.3 is 5.97 Å². The highest BCUT2D eigenvalue weighted by molar-refractivity contribution is 5.98. The first-order chi connectivity index (χ1) is 9.97. The monoisotopic (exact) mass is 294 g/mol. The first-order valence-electron chi connectivity index (χ1n) is 6.04. The molecular weight excluding hydrogens is 283 g/mol. The zero-order chi connectivity index (χ0) is 15.6. The molecule has 1 heterocycles. The number of benzene rings is 1. The molecule has 0 atom stereocenters. The van der Waals surface area contributed by atoms with Crippen molar-refractivity contribution in [1.82, 2.24) is 5.16 Å². The molecule has 2 aromatic rings. The number of nitro benzene ring substituents is 1. The van der Waals surface area contributed by atoms with Crippen LogP contribution in [0.5, 0.6) is 0 Å². The van der Waals surface area contributed by atoms with Gasteiger partial charge in [0.05, 0.1) is 11.5 Å². The van der Waals surface area contributed by atoms with Crippen molar-refractivity contribution in [2.24, 2.45) is 0 Å². The predicted octanol–water partition coefficient (Wildman–Crippen LogP) is 2.87. The fourth-order valence-corrected chi connectivity index (χ4v) is 1.89. The zero-order valence-corrected chi connectivity index (χ0v) is 11.3. The highest BCUT2D eigenvalue weighted by atomic mass is 19.1. The Balaban J connectivity index is 2.69. The van der Waals surface area contributed by atoms with Crippen molar-refractivity contribution in [1.29, 1.82) is 0 Å². The summed E-state index contributed by atoms with van der Waals surface area (Å²) < 4.78 is 23.7. The molecule has 21 heavy (non-hydrogen) atoms.